The molecular formula is C60H82N4O21S4. The van der Waals surface area contributed by atoms with E-state index in [4.69, 9.17) is 66.4 Å². The highest BCUT2D eigenvalue weighted by atomic mass is 33.5. The number of alkyl carbamates (subject to hydrolysis) is 1. The van der Waals surface area contributed by atoms with Crippen LogP contribution in [0.1, 0.15) is 64.2 Å². The van der Waals surface area contributed by atoms with Gasteiger partial charge < -0.3 is 92.6 Å². The Morgan fingerprint density at radius 2 is 1.56 bits per heavy atom. The molecule has 0 spiro atoms. The molecule has 1 amide bonds. The van der Waals surface area contributed by atoms with E-state index in [1.807, 2.05) is 33.3 Å². The number of allylic oxidation sites excluding steroid dienone is 2. The number of amides is 1. The van der Waals surface area contributed by atoms with Crippen molar-refractivity contribution in [1.29, 1.82) is 0 Å². The largest absolute Gasteiger partial charge is 0.495 e. The van der Waals surface area contributed by atoms with Crippen molar-refractivity contribution in [1.82, 2.24) is 16.1 Å². The standard InChI is InChI=1S/C60H82N4O21S4/c1-29(2)61-38-28-77-45(26-41(38)73-9)83-54-52(67)49(64-85-47-25-39(65)55(86-13)34(7)79-47)32(5)80-58(54)82-40-19-17-15-16-18-21-60(71)36(20-22-88-89-87-14)48(40)50(63-59(70)76-12)53(68)56(60)84-46-27-44(51(66)33(6)78-46)81-57(69)35-23-42(74-10)43(75-11)24-37(35)62-30(3)31(4)72-8/h15-16,20,23-24,29,32-34,38-41,44-47,49,51-52,54-56,58,61-62,64-67,71H,3-4,22,25-28H2,1-2,5-14H3,(H,63,70)/b16-15-,36-20+/t32-,33-,34+,38-,39-,40-,41-,44-,45-,46?,47-,49+,51-,52-,54+,55+,56+,58-,60+/m0/s1. The van der Waals surface area contributed by atoms with Gasteiger partial charge in [0.1, 0.15) is 36.3 Å². The number of anilines is 1. The number of rotatable bonds is 26. The second kappa shape index (κ2) is 33.3. The summed E-state index contributed by atoms with van der Waals surface area (Å²) >= 11 is 1.48. The number of esters is 1. The Labute approximate surface area is 534 Å². The van der Waals surface area contributed by atoms with E-state index in [1.165, 1.54) is 95.7 Å². The predicted molar refractivity (Wildman–Crippen MR) is 334 cm³/mol. The molecule has 89 heavy (non-hydrogen) atoms. The van der Waals surface area contributed by atoms with Crippen LogP contribution in [0.5, 0.6) is 11.5 Å². The number of aliphatic hydroxyl groups excluding tert-OH is 3. The van der Waals surface area contributed by atoms with Crippen LogP contribution in [-0.4, -0.2) is 220 Å². The van der Waals surface area contributed by atoms with Gasteiger partial charge >= 0.3 is 12.1 Å². The maximum absolute atomic E-state index is 15.6. The van der Waals surface area contributed by atoms with Gasteiger partial charge in [-0.1, -0.05) is 78.4 Å². The van der Waals surface area contributed by atoms with Crippen LogP contribution in [0, 0.1) is 23.7 Å². The summed E-state index contributed by atoms with van der Waals surface area (Å²) in [5, 5.41) is 57.4. The second-order valence-electron chi connectivity index (χ2n) is 21.6. The number of thioether (sulfide) groups is 1. The first-order valence-corrected chi connectivity index (χ1v) is 33.9. The molecular weight excluding hydrogens is 1240 g/mol. The van der Waals surface area contributed by atoms with Gasteiger partial charge in [-0.25, -0.2) is 9.59 Å². The fourth-order valence-electron chi connectivity index (χ4n) is 10.9. The van der Waals surface area contributed by atoms with Crippen molar-refractivity contribution in [2.45, 2.75) is 175 Å². The molecule has 2 aliphatic carbocycles. The molecule has 4 saturated heterocycles. The summed E-state index contributed by atoms with van der Waals surface area (Å²) in [7, 11) is 11.1. The lowest BCUT2D eigenvalue weighted by Gasteiger charge is -2.47. The summed E-state index contributed by atoms with van der Waals surface area (Å²) < 4.78 is 78.5. The number of ether oxygens (including phenoxy) is 13. The molecule has 0 radical (unpaired) electrons. The number of Topliss-reactive ketones (excluding diaryl/α,β-unsaturated/α-hetero) is 1. The minimum absolute atomic E-state index is 0.0762. The van der Waals surface area contributed by atoms with E-state index >= 15 is 4.79 Å². The normalized spacial score (nSPS) is 34.4. The number of nitrogens with one attached hydrogen (secondary N) is 4. The van der Waals surface area contributed by atoms with Gasteiger partial charge in [0, 0.05) is 61.4 Å². The van der Waals surface area contributed by atoms with Crippen LogP contribution >= 0.6 is 43.2 Å². The third kappa shape index (κ3) is 17.6. The number of hydrogen-bond acceptors (Lipinski definition) is 28. The third-order valence-electron chi connectivity index (χ3n) is 15.4. The molecule has 29 heteroatoms. The number of fused-ring (bicyclic) bond motifs is 2. The van der Waals surface area contributed by atoms with Crippen LogP contribution in [0.4, 0.5) is 10.5 Å². The summed E-state index contributed by atoms with van der Waals surface area (Å²) in [6.07, 6.45) is -11.3. The summed E-state index contributed by atoms with van der Waals surface area (Å²) in [6.45, 7) is 16.9. The summed E-state index contributed by atoms with van der Waals surface area (Å²) in [5.74, 6) is 10.3. The molecule has 4 heterocycles. The fraction of sp³-hybridized carbons (Fsp3) is 0.617. The van der Waals surface area contributed by atoms with Gasteiger partial charge in [0.15, 0.2) is 48.4 Å². The first-order chi connectivity index (χ1) is 42.5. The monoisotopic (exact) mass is 1320 g/mol. The zero-order valence-electron chi connectivity index (χ0n) is 51.7. The summed E-state index contributed by atoms with van der Waals surface area (Å²) in [5.41, 5.74) is -0.252. The van der Waals surface area contributed by atoms with Crippen molar-refractivity contribution in [2.75, 3.05) is 65.7 Å². The van der Waals surface area contributed by atoms with E-state index in [9.17, 15) is 30.0 Å². The molecule has 19 atom stereocenters. The van der Waals surface area contributed by atoms with E-state index in [1.54, 1.807) is 20.1 Å². The fourth-order valence-corrected chi connectivity index (χ4v) is 14.2. The van der Waals surface area contributed by atoms with Gasteiger partial charge in [-0.2, -0.15) is 17.2 Å². The molecule has 7 rings (SSSR count). The molecule has 2 bridgehead atoms. The van der Waals surface area contributed by atoms with Crippen molar-refractivity contribution < 1.29 is 101 Å². The Hall–Kier alpha value is -4.55. The molecule has 8 N–H and O–H groups in total. The Morgan fingerprint density at radius 1 is 0.854 bits per heavy atom. The molecule has 0 saturated carbocycles. The van der Waals surface area contributed by atoms with Gasteiger partial charge in [-0.3, -0.25) is 14.9 Å². The Morgan fingerprint density at radius 3 is 2.22 bits per heavy atom. The Kier molecular flexibility index (Phi) is 26.9. The van der Waals surface area contributed by atoms with Crippen molar-refractivity contribution in [3.8, 4) is 35.2 Å². The smallest absolute Gasteiger partial charge is 0.411 e. The van der Waals surface area contributed by atoms with Gasteiger partial charge in [-0.05, 0) is 55.3 Å². The zero-order valence-corrected chi connectivity index (χ0v) is 54.9. The van der Waals surface area contributed by atoms with Crippen molar-refractivity contribution >= 4 is 66.7 Å². The molecule has 4 fully saturated rings. The lowest BCUT2D eigenvalue weighted by molar-refractivity contribution is -0.336. The van der Waals surface area contributed by atoms with Crippen LogP contribution in [-0.2, 0) is 61.7 Å². The molecule has 6 aliphatic rings. The van der Waals surface area contributed by atoms with E-state index < -0.39 is 128 Å². The average Bonchev–Trinajstić information content (AvgIpc) is 0.761. The van der Waals surface area contributed by atoms with E-state index in [2.05, 4.69) is 58.3 Å². The topological polar surface area (TPSA) is 309 Å². The highest BCUT2D eigenvalue weighted by molar-refractivity contribution is 9.09. The molecule has 0 aromatic heterocycles. The van der Waals surface area contributed by atoms with Crippen LogP contribution in [0.25, 0.3) is 0 Å². The van der Waals surface area contributed by atoms with Crippen LogP contribution < -0.4 is 30.9 Å². The molecule has 25 nitrogen and oxygen atoms in total. The highest BCUT2D eigenvalue weighted by Gasteiger charge is 2.57. The van der Waals surface area contributed by atoms with Gasteiger partial charge in [0.25, 0.3) is 0 Å². The Bertz CT molecular complexity index is 2890. The Balaban J connectivity index is 1.27. The van der Waals surface area contributed by atoms with E-state index in [0.717, 1.165) is 7.11 Å². The molecule has 492 valence electrons. The lowest BCUT2D eigenvalue weighted by Crippen LogP contribution is -2.65. The number of aliphatic hydroxyl groups is 4. The van der Waals surface area contributed by atoms with Crippen LogP contribution in [0.2, 0.25) is 0 Å². The first kappa shape index (κ1) is 71.9. The maximum atomic E-state index is 15.6. The van der Waals surface area contributed by atoms with Gasteiger partial charge in [0.2, 0.25) is 5.78 Å². The van der Waals surface area contributed by atoms with E-state index in [-0.39, 0.29) is 94.0 Å². The van der Waals surface area contributed by atoms with Crippen molar-refractivity contribution in [3.63, 3.8) is 0 Å². The lowest BCUT2D eigenvalue weighted by atomic mass is 9.73. The highest BCUT2D eigenvalue weighted by Crippen LogP contribution is 2.44. The van der Waals surface area contributed by atoms with Gasteiger partial charge in [-0.15, -0.1) is 0 Å². The van der Waals surface area contributed by atoms with Crippen LogP contribution in [0.15, 0.2) is 71.8 Å². The molecule has 1 aromatic rings. The van der Waals surface area contributed by atoms with Gasteiger partial charge in [0.05, 0.1) is 106 Å². The quantitative estimate of drug-likeness (QED) is 0.0121. The number of hydrogen-bond donors (Lipinski definition) is 8. The average molecular weight is 1320 g/mol. The van der Waals surface area contributed by atoms with Crippen molar-refractivity contribution in [3.05, 3.63) is 77.4 Å². The number of benzene rings is 1. The third-order valence-corrected chi connectivity index (χ3v) is 20.3. The van der Waals surface area contributed by atoms with E-state index in [0.29, 0.717) is 0 Å². The summed E-state index contributed by atoms with van der Waals surface area (Å²) in [4.78, 5) is 49.6. The number of hydroxylamine groups is 1. The minimum atomic E-state index is -2.64. The predicted octanol–water partition coefficient (Wildman–Crippen LogP) is 4.40. The minimum Gasteiger partial charge on any atom is -0.495 e. The summed E-state index contributed by atoms with van der Waals surface area (Å²) in [6, 6.07) is 1.68. The molecule has 4 aliphatic heterocycles. The molecule has 1 aromatic carbocycles. The SMILES string of the molecule is C=C(Nc1cc(OC)c(OC)cc1C(=O)O[C@H]1CC(O[C@@H]2C(=O)C(NC(=O)OC)=C3/C(=C\CSSSC)[C@]2(O)C#C/C=C\C#C[C@@H]3O[C@@H]2O[C@@H](C)[C@@H](NO[C@H]3C[C@H](O)[C@H](SC)[C@@H](C)O3)[C@H](O)[C@H]2O[C@H]2C[C@H](OC)[C@@H](NC(C)C)CO2)O[C@@H](C)[C@@H]1O)C(=C)OC. The molecule has 1 unspecified atom stereocenters. The number of carbonyl (C=O) groups excluding carboxylic acids is 3. The maximum Gasteiger partial charge on any atom is 0.411 e. The number of carbonyl (C=O) groups is 3. The first-order valence-electron chi connectivity index (χ1n) is 28.6. The van der Waals surface area contributed by atoms with Crippen LogP contribution in [0.3, 0.4) is 0 Å². The zero-order chi connectivity index (χ0) is 64.9. The number of methoxy groups -OCH3 is 5. The number of ketones is 1. The second-order valence-corrected chi connectivity index (χ2v) is 27.0. The van der Waals surface area contributed by atoms with Crippen molar-refractivity contribution in [2.24, 2.45) is 0 Å².